The van der Waals surface area contributed by atoms with Crippen LogP contribution in [0.3, 0.4) is 0 Å². The lowest BCUT2D eigenvalue weighted by Crippen LogP contribution is -2.57. The number of ether oxygens (including phenoxy) is 5. The van der Waals surface area contributed by atoms with E-state index in [1.807, 2.05) is 19.9 Å². The average Bonchev–Trinajstić information content (AvgIpc) is 3.20. The van der Waals surface area contributed by atoms with Crippen LogP contribution >= 0.6 is 0 Å². The Morgan fingerprint density at radius 3 is 2.65 bits per heavy atom. The van der Waals surface area contributed by atoms with Gasteiger partial charge in [-0.25, -0.2) is 0 Å². The van der Waals surface area contributed by atoms with Crippen LogP contribution < -0.4 is 23.7 Å². The molecule has 8 heteroatoms. The van der Waals surface area contributed by atoms with Gasteiger partial charge in [0.25, 0.3) is 0 Å². The smallest absolute Gasteiger partial charge is 0.231 e. The van der Waals surface area contributed by atoms with Crippen LogP contribution in [0.15, 0.2) is 29.8 Å². The Bertz CT molecular complexity index is 1130. The van der Waals surface area contributed by atoms with Crippen LogP contribution in [0, 0.1) is 0 Å². The number of carbonyl (C=O) groups excluding carboxylic acids is 1. The summed E-state index contributed by atoms with van der Waals surface area (Å²) in [6.07, 6.45) is 1.25. The van der Waals surface area contributed by atoms with Gasteiger partial charge in [0.2, 0.25) is 12.6 Å². The van der Waals surface area contributed by atoms with E-state index in [1.54, 1.807) is 12.1 Å². The first-order valence-corrected chi connectivity index (χ1v) is 9.91. The average molecular weight is 426 g/mol. The molecule has 5 rings (SSSR count). The minimum Gasteiger partial charge on any atom is -0.504 e. The molecule has 0 bridgehead atoms. The number of rotatable bonds is 3. The highest BCUT2D eigenvalue weighted by atomic mass is 16.7. The van der Waals surface area contributed by atoms with Crippen LogP contribution in [0.1, 0.15) is 35.3 Å². The lowest BCUT2D eigenvalue weighted by atomic mass is 9.77. The fraction of sp³-hybridized carbons (Fsp3) is 0.348. The summed E-state index contributed by atoms with van der Waals surface area (Å²) in [4.78, 5) is 13.7. The number of benzene rings is 2. The maximum absolute atomic E-state index is 13.7. The van der Waals surface area contributed by atoms with Gasteiger partial charge < -0.3 is 33.9 Å². The zero-order valence-electron chi connectivity index (χ0n) is 17.4. The molecule has 0 fully saturated rings. The number of hydrogen-bond donors (Lipinski definition) is 2. The molecule has 2 aromatic carbocycles. The first-order valence-electron chi connectivity index (χ1n) is 9.91. The molecule has 31 heavy (non-hydrogen) atoms. The fourth-order valence-electron chi connectivity index (χ4n) is 4.17. The molecule has 0 spiro atoms. The van der Waals surface area contributed by atoms with Crippen molar-refractivity contribution in [3.05, 3.63) is 46.5 Å². The lowest BCUT2D eigenvalue weighted by molar-refractivity contribution is -0.0802. The molecule has 2 aromatic rings. The standard InChI is InChI=1S/C23H22O8/c1-11(2)4-5-12-20(24)18(27-3)6-13-21(12)31-19-9-28-15-8-17-16(29-10-30-17)7-14(15)23(19,26)22(13)25/h4,6-8,19,24,26H,5,9-10H2,1-3H3/t19-,23-/m0/s1. The van der Waals surface area contributed by atoms with E-state index >= 15 is 0 Å². The largest absolute Gasteiger partial charge is 0.504 e. The summed E-state index contributed by atoms with van der Waals surface area (Å²) < 4.78 is 28.0. The van der Waals surface area contributed by atoms with E-state index in [2.05, 4.69) is 0 Å². The Labute approximate surface area is 178 Å². The van der Waals surface area contributed by atoms with Crippen molar-refractivity contribution in [2.24, 2.45) is 0 Å². The summed E-state index contributed by atoms with van der Waals surface area (Å²) in [5.74, 6) is 0.940. The second kappa shape index (κ2) is 6.81. The molecule has 2 N–H and O–H groups in total. The molecule has 0 unspecified atom stereocenters. The Hall–Kier alpha value is -3.39. The van der Waals surface area contributed by atoms with Gasteiger partial charge in [-0.05, 0) is 32.4 Å². The molecule has 162 valence electrons. The second-order valence-electron chi connectivity index (χ2n) is 7.98. The van der Waals surface area contributed by atoms with Gasteiger partial charge in [-0.2, -0.15) is 0 Å². The predicted octanol–water partition coefficient (Wildman–Crippen LogP) is 2.86. The van der Waals surface area contributed by atoms with Gasteiger partial charge in [0.1, 0.15) is 18.1 Å². The molecular weight excluding hydrogens is 404 g/mol. The molecule has 0 radical (unpaired) electrons. The van der Waals surface area contributed by atoms with Gasteiger partial charge in [0.05, 0.1) is 12.7 Å². The molecule has 0 saturated carbocycles. The van der Waals surface area contributed by atoms with E-state index in [0.717, 1.165) is 5.57 Å². The molecule has 2 atom stereocenters. The molecule has 3 aliphatic rings. The zero-order valence-corrected chi connectivity index (χ0v) is 17.4. The van der Waals surface area contributed by atoms with Gasteiger partial charge in [-0.1, -0.05) is 11.6 Å². The highest BCUT2D eigenvalue weighted by molar-refractivity contribution is 6.08. The second-order valence-corrected chi connectivity index (χ2v) is 7.98. The number of fused-ring (bicyclic) bond motifs is 5. The molecule has 0 aliphatic carbocycles. The Balaban J connectivity index is 1.69. The first-order chi connectivity index (χ1) is 14.8. The molecule has 8 nitrogen and oxygen atoms in total. The third kappa shape index (κ3) is 2.75. The Kier molecular flexibility index (Phi) is 4.30. The fourth-order valence-corrected chi connectivity index (χ4v) is 4.17. The number of hydrogen-bond acceptors (Lipinski definition) is 8. The van der Waals surface area contributed by atoms with Gasteiger partial charge in [0.15, 0.2) is 34.7 Å². The van der Waals surface area contributed by atoms with Gasteiger partial charge >= 0.3 is 0 Å². The molecule has 0 saturated heterocycles. The maximum atomic E-state index is 13.7. The van der Waals surface area contributed by atoms with Crippen LogP contribution in [0.5, 0.6) is 34.5 Å². The van der Waals surface area contributed by atoms with E-state index in [9.17, 15) is 15.0 Å². The van der Waals surface area contributed by atoms with Crippen molar-refractivity contribution in [2.45, 2.75) is 32.0 Å². The number of carbonyl (C=O) groups is 1. The van der Waals surface area contributed by atoms with Crippen LogP contribution in [-0.2, 0) is 12.0 Å². The zero-order chi connectivity index (χ0) is 21.9. The summed E-state index contributed by atoms with van der Waals surface area (Å²) >= 11 is 0. The Morgan fingerprint density at radius 2 is 1.94 bits per heavy atom. The van der Waals surface area contributed by atoms with Crippen LogP contribution in [0.2, 0.25) is 0 Å². The number of phenols is 1. The van der Waals surface area contributed by atoms with Crippen molar-refractivity contribution in [1.82, 2.24) is 0 Å². The maximum Gasteiger partial charge on any atom is 0.231 e. The van der Waals surface area contributed by atoms with Crippen molar-refractivity contribution in [1.29, 1.82) is 0 Å². The molecule has 3 aliphatic heterocycles. The predicted molar refractivity (Wildman–Crippen MR) is 108 cm³/mol. The normalized spacial score (nSPS) is 22.5. The van der Waals surface area contributed by atoms with E-state index in [-0.39, 0.29) is 41.8 Å². The van der Waals surface area contributed by atoms with E-state index in [0.29, 0.717) is 29.2 Å². The van der Waals surface area contributed by atoms with Gasteiger partial charge in [-0.3, -0.25) is 4.79 Å². The summed E-state index contributed by atoms with van der Waals surface area (Å²) in [6, 6.07) is 4.56. The third-order valence-corrected chi connectivity index (χ3v) is 5.84. The number of ketones is 1. The summed E-state index contributed by atoms with van der Waals surface area (Å²) in [5, 5.41) is 22.4. The number of Topliss-reactive ketones (excluding diaryl/α,β-unsaturated/α-hetero) is 1. The van der Waals surface area contributed by atoms with Crippen molar-refractivity contribution in [3.8, 4) is 34.5 Å². The minimum atomic E-state index is -1.99. The van der Waals surface area contributed by atoms with Crippen LogP contribution in [0.25, 0.3) is 0 Å². The van der Waals surface area contributed by atoms with Gasteiger partial charge in [0, 0.05) is 17.2 Å². The van der Waals surface area contributed by atoms with E-state index in [4.69, 9.17) is 23.7 Å². The highest BCUT2D eigenvalue weighted by Gasteiger charge is 2.57. The van der Waals surface area contributed by atoms with E-state index in [1.165, 1.54) is 13.2 Å². The summed E-state index contributed by atoms with van der Waals surface area (Å²) in [6.45, 7) is 3.87. The van der Waals surface area contributed by atoms with Crippen LogP contribution in [0.4, 0.5) is 0 Å². The third-order valence-electron chi connectivity index (χ3n) is 5.84. The van der Waals surface area contributed by atoms with Crippen molar-refractivity contribution >= 4 is 5.78 Å². The molecule has 0 aromatic heterocycles. The van der Waals surface area contributed by atoms with Gasteiger partial charge in [-0.15, -0.1) is 0 Å². The number of aliphatic hydroxyl groups is 1. The summed E-state index contributed by atoms with van der Waals surface area (Å²) in [5.41, 5.74) is -0.141. The monoisotopic (exact) mass is 426 g/mol. The highest BCUT2D eigenvalue weighted by Crippen LogP contribution is 2.52. The Morgan fingerprint density at radius 1 is 1.19 bits per heavy atom. The molecule has 0 amide bonds. The lowest BCUT2D eigenvalue weighted by Gasteiger charge is -2.43. The molecular formula is C23H22O8. The molecule has 3 heterocycles. The van der Waals surface area contributed by atoms with Crippen molar-refractivity contribution in [2.75, 3.05) is 20.5 Å². The quantitative estimate of drug-likeness (QED) is 0.723. The topological polar surface area (TPSA) is 104 Å². The number of methoxy groups -OCH3 is 1. The number of allylic oxidation sites excluding steroid dienone is 2. The number of phenolic OH excluding ortho intramolecular Hbond substituents is 1. The van der Waals surface area contributed by atoms with Crippen molar-refractivity contribution in [3.63, 3.8) is 0 Å². The number of aromatic hydroxyl groups is 1. The van der Waals surface area contributed by atoms with Crippen molar-refractivity contribution < 1.29 is 38.7 Å². The minimum absolute atomic E-state index is 0.0524. The first kappa shape index (κ1) is 19.6. The van der Waals surface area contributed by atoms with Crippen LogP contribution in [-0.4, -0.2) is 42.6 Å². The summed E-state index contributed by atoms with van der Waals surface area (Å²) in [7, 11) is 1.40. The SMILES string of the molecule is COc1cc2c(c(CC=C(C)C)c1O)O[C@H]1COc3cc4c(cc3[C@@]1(O)C2=O)OCO4. The van der Waals surface area contributed by atoms with E-state index < -0.39 is 17.5 Å².